The lowest BCUT2D eigenvalue weighted by Gasteiger charge is -2.27. The van der Waals surface area contributed by atoms with Crippen LogP contribution in [0.15, 0.2) is 0 Å². The third kappa shape index (κ3) is 2.59. The van der Waals surface area contributed by atoms with Gasteiger partial charge in [0.15, 0.2) is 6.10 Å². The molecule has 0 aromatic heterocycles. The van der Waals surface area contributed by atoms with Crippen molar-refractivity contribution in [1.29, 1.82) is 0 Å². The Bertz CT molecular complexity index is 198. The first kappa shape index (κ1) is 11.7. The van der Waals surface area contributed by atoms with Crippen LogP contribution in [0.5, 0.6) is 0 Å². The summed E-state index contributed by atoms with van der Waals surface area (Å²) in [4.78, 5) is 3.57. The minimum atomic E-state index is -4.51. The molecule has 2 atom stereocenters. The lowest BCUT2D eigenvalue weighted by molar-refractivity contribution is -0.209. The van der Waals surface area contributed by atoms with Gasteiger partial charge in [0, 0.05) is 19.6 Å². The van der Waals surface area contributed by atoms with Crippen molar-refractivity contribution in [1.82, 2.24) is 9.80 Å². The average Bonchev–Trinajstić information content (AvgIpc) is 2.34. The van der Waals surface area contributed by atoms with Gasteiger partial charge >= 0.3 is 6.18 Å². The Morgan fingerprint density at radius 2 is 2.00 bits per heavy atom. The molecular weight excluding hydrogens is 197 g/mol. The molecule has 1 N–H and O–H groups in total. The van der Waals surface area contributed by atoms with Gasteiger partial charge in [-0.25, -0.2) is 0 Å². The van der Waals surface area contributed by atoms with E-state index in [0.29, 0.717) is 6.54 Å². The summed E-state index contributed by atoms with van der Waals surface area (Å²) >= 11 is 0. The molecule has 0 amide bonds. The third-order valence-corrected chi connectivity index (χ3v) is 2.69. The lowest BCUT2D eigenvalue weighted by atomic mass is 10.3. The molecule has 14 heavy (non-hydrogen) atoms. The zero-order chi connectivity index (χ0) is 10.9. The number of likely N-dealkylation sites (N-methyl/N-ethyl adjacent to an activating group) is 1. The fourth-order valence-corrected chi connectivity index (χ4v) is 1.51. The molecule has 0 radical (unpaired) electrons. The van der Waals surface area contributed by atoms with Crippen molar-refractivity contribution in [2.75, 3.05) is 26.7 Å². The summed E-state index contributed by atoms with van der Waals surface area (Å²) in [6.07, 6.45) is -6.79. The van der Waals surface area contributed by atoms with E-state index < -0.39 is 12.3 Å². The van der Waals surface area contributed by atoms with Crippen molar-refractivity contribution in [3.63, 3.8) is 0 Å². The molecule has 1 fully saturated rings. The van der Waals surface area contributed by atoms with Crippen molar-refractivity contribution < 1.29 is 18.3 Å². The summed E-state index contributed by atoms with van der Waals surface area (Å²) in [5, 5.41) is 8.86. The molecule has 0 spiro atoms. The Morgan fingerprint density at radius 3 is 2.36 bits per heavy atom. The first-order valence-corrected chi connectivity index (χ1v) is 4.51. The zero-order valence-corrected chi connectivity index (χ0v) is 8.25. The Hall–Kier alpha value is -0.330. The van der Waals surface area contributed by atoms with Crippen LogP contribution in [0.25, 0.3) is 0 Å². The molecule has 0 saturated carbocycles. The van der Waals surface area contributed by atoms with Gasteiger partial charge in [-0.1, -0.05) is 0 Å². The molecule has 0 aromatic rings. The second-order valence-corrected chi connectivity index (χ2v) is 3.66. The van der Waals surface area contributed by atoms with E-state index in [1.54, 1.807) is 4.90 Å². The number of alkyl halides is 3. The van der Waals surface area contributed by atoms with E-state index in [-0.39, 0.29) is 12.7 Å². The smallest absolute Gasteiger partial charge is 0.382 e. The Balaban J connectivity index is 2.46. The number of hydrogen-bond donors (Lipinski definition) is 1. The van der Waals surface area contributed by atoms with Crippen LogP contribution in [0.1, 0.15) is 6.92 Å². The first-order valence-electron chi connectivity index (χ1n) is 4.51. The number of aliphatic hydroxyl groups excluding tert-OH is 1. The van der Waals surface area contributed by atoms with E-state index in [2.05, 4.69) is 0 Å². The maximum absolute atomic E-state index is 12.0. The molecule has 6 heteroatoms. The number of aliphatic hydroxyl groups is 1. The third-order valence-electron chi connectivity index (χ3n) is 2.69. The van der Waals surface area contributed by atoms with Crippen LogP contribution in [0.4, 0.5) is 13.2 Å². The van der Waals surface area contributed by atoms with Crippen molar-refractivity contribution in [3.8, 4) is 0 Å². The van der Waals surface area contributed by atoms with Crippen LogP contribution in [0, 0.1) is 0 Å². The molecule has 0 aromatic carbocycles. The quantitative estimate of drug-likeness (QED) is 0.722. The summed E-state index contributed by atoms with van der Waals surface area (Å²) in [6, 6.07) is 0. The van der Waals surface area contributed by atoms with Crippen molar-refractivity contribution in [2.45, 2.75) is 25.4 Å². The van der Waals surface area contributed by atoms with Gasteiger partial charge in [0.2, 0.25) is 0 Å². The highest BCUT2D eigenvalue weighted by molar-refractivity contribution is 4.80. The van der Waals surface area contributed by atoms with E-state index in [1.807, 2.05) is 18.9 Å². The van der Waals surface area contributed by atoms with Crippen molar-refractivity contribution >= 4 is 0 Å². The van der Waals surface area contributed by atoms with Gasteiger partial charge < -0.3 is 5.11 Å². The zero-order valence-electron chi connectivity index (χ0n) is 8.25. The number of halogens is 3. The van der Waals surface area contributed by atoms with E-state index in [9.17, 15) is 13.2 Å². The molecule has 1 heterocycles. The fourth-order valence-electron chi connectivity index (χ4n) is 1.51. The Kier molecular flexibility index (Phi) is 3.39. The van der Waals surface area contributed by atoms with E-state index in [0.717, 1.165) is 6.54 Å². The predicted molar refractivity (Wildman–Crippen MR) is 45.7 cm³/mol. The summed E-state index contributed by atoms with van der Waals surface area (Å²) in [5.74, 6) is 0. The van der Waals surface area contributed by atoms with Gasteiger partial charge in [-0.3, -0.25) is 9.80 Å². The van der Waals surface area contributed by atoms with Gasteiger partial charge in [0.1, 0.15) is 0 Å². The molecule has 1 aliphatic rings. The lowest BCUT2D eigenvalue weighted by Crippen LogP contribution is -2.44. The molecular formula is C8H15F3N2O. The van der Waals surface area contributed by atoms with Gasteiger partial charge in [-0.15, -0.1) is 0 Å². The highest BCUT2D eigenvalue weighted by Gasteiger charge is 2.40. The maximum atomic E-state index is 12.0. The molecule has 2 unspecified atom stereocenters. The van der Waals surface area contributed by atoms with E-state index >= 15 is 0 Å². The van der Waals surface area contributed by atoms with Gasteiger partial charge in [-0.05, 0) is 14.0 Å². The van der Waals surface area contributed by atoms with Crippen molar-refractivity contribution in [3.05, 3.63) is 0 Å². The summed E-state index contributed by atoms with van der Waals surface area (Å²) in [6.45, 7) is 2.81. The van der Waals surface area contributed by atoms with Gasteiger partial charge in [0.05, 0.1) is 6.17 Å². The highest BCUT2D eigenvalue weighted by atomic mass is 19.4. The minimum absolute atomic E-state index is 0.0352. The number of hydrogen-bond acceptors (Lipinski definition) is 3. The highest BCUT2D eigenvalue weighted by Crippen LogP contribution is 2.22. The van der Waals surface area contributed by atoms with Crippen LogP contribution in [0.2, 0.25) is 0 Å². The van der Waals surface area contributed by atoms with Crippen LogP contribution in [0.3, 0.4) is 0 Å². The van der Waals surface area contributed by atoms with Gasteiger partial charge in [0.25, 0.3) is 0 Å². The number of β-amino-alcohol motifs (C(OH)–C–C–N with tert-alkyl or cyclic N) is 1. The summed E-state index contributed by atoms with van der Waals surface area (Å²) in [7, 11) is 1.85. The van der Waals surface area contributed by atoms with Crippen LogP contribution in [-0.2, 0) is 0 Å². The molecule has 84 valence electrons. The van der Waals surface area contributed by atoms with E-state index in [4.69, 9.17) is 5.11 Å². The van der Waals surface area contributed by atoms with Crippen LogP contribution >= 0.6 is 0 Å². The first-order chi connectivity index (χ1) is 6.32. The topological polar surface area (TPSA) is 26.7 Å². The molecule has 3 nitrogen and oxygen atoms in total. The number of rotatable bonds is 2. The monoisotopic (exact) mass is 212 g/mol. The largest absolute Gasteiger partial charge is 0.415 e. The van der Waals surface area contributed by atoms with E-state index in [1.165, 1.54) is 0 Å². The predicted octanol–water partition coefficient (Wildman–Crippen LogP) is 0.503. The second kappa shape index (κ2) is 4.04. The Labute approximate surface area is 81.1 Å². The molecule has 0 bridgehead atoms. The minimum Gasteiger partial charge on any atom is -0.382 e. The molecule has 1 rings (SSSR count). The number of nitrogens with zero attached hydrogens (tertiary/aromatic N) is 2. The average molecular weight is 212 g/mol. The maximum Gasteiger partial charge on any atom is 0.415 e. The summed E-state index contributed by atoms with van der Waals surface area (Å²) < 4.78 is 36.1. The molecule has 1 aliphatic heterocycles. The van der Waals surface area contributed by atoms with Gasteiger partial charge in [-0.2, -0.15) is 13.2 Å². The van der Waals surface area contributed by atoms with Crippen molar-refractivity contribution in [2.24, 2.45) is 0 Å². The normalized spacial score (nSPS) is 28.3. The standard InChI is InChI=1S/C8H15F3N2O/c1-6-12(2)3-4-13(6)5-7(14)8(9,10)11/h6-7,14H,3-5H2,1-2H3. The molecule has 1 saturated heterocycles. The Morgan fingerprint density at radius 1 is 1.43 bits per heavy atom. The van der Waals surface area contributed by atoms with Crippen LogP contribution < -0.4 is 0 Å². The fraction of sp³-hybridized carbons (Fsp3) is 1.00. The van der Waals surface area contributed by atoms with Crippen LogP contribution in [-0.4, -0.2) is 60.0 Å². The molecule has 0 aliphatic carbocycles. The second-order valence-electron chi connectivity index (χ2n) is 3.66. The summed E-state index contributed by atoms with van der Waals surface area (Å²) in [5.41, 5.74) is 0. The SMILES string of the molecule is CC1N(C)CCN1CC(O)C(F)(F)F.